The molecule has 0 aromatic carbocycles. The fraction of sp³-hybridized carbons (Fsp3) is 0.765. The molecule has 6 nitrogen and oxygen atoms in total. The van der Waals surface area contributed by atoms with Crippen LogP contribution in [0, 0.1) is 11.8 Å². The van der Waals surface area contributed by atoms with E-state index in [1.54, 1.807) is 0 Å². The maximum Gasteiger partial charge on any atom is 0.273 e. The minimum Gasteiger partial charge on any atom is -0.360 e. The maximum atomic E-state index is 12.4. The van der Waals surface area contributed by atoms with Crippen LogP contribution in [-0.4, -0.2) is 54.7 Å². The minimum atomic E-state index is -0.0955. The summed E-state index contributed by atoms with van der Waals surface area (Å²) in [5, 5.41) is 10.5. The van der Waals surface area contributed by atoms with Gasteiger partial charge in [-0.2, -0.15) is 0 Å². The number of nitrogens with zero attached hydrogens (tertiary/aromatic N) is 2. The second-order valence-electron chi connectivity index (χ2n) is 7.52. The molecule has 3 unspecified atom stereocenters. The van der Waals surface area contributed by atoms with Crippen LogP contribution in [0.3, 0.4) is 0 Å². The summed E-state index contributed by atoms with van der Waals surface area (Å²) in [4.78, 5) is 14.9. The van der Waals surface area contributed by atoms with E-state index in [1.807, 2.05) is 6.07 Å². The highest BCUT2D eigenvalue weighted by atomic mass is 16.5. The summed E-state index contributed by atoms with van der Waals surface area (Å²) >= 11 is 0. The molecule has 4 rings (SSSR count). The summed E-state index contributed by atoms with van der Waals surface area (Å²) in [6.45, 7) is 7.63. The van der Waals surface area contributed by atoms with Gasteiger partial charge in [-0.25, -0.2) is 0 Å². The molecule has 2 N–H and O–H groups in total. The Morgan fingerprint density at radius 1 is 1.43 bits per heavy atom. The first-order valence-electron chi connectivity index (χ1n) is 8.89. The summed E-state index contributed by atoms with van der Waals surface area (Å²) in [6, 6.07) is 2.02. The largest absolute Gasteiger partial charge is 0.360 e. The van der Waals surface area contributed by atoms with Crippen LogP contribution < -0.4 is 10.6 Å². The smallest absolute Gasteiger partial charge is 0.273 e. The Hall–Kier alpha value is -1.40. The SMILES string of the molecule is CC1CN(CC2CCNC2)CC1NC(=O)c1cc(C2CC2)on1. The molecule has 0 bridgehead atoms. The van der Waals surface area contributed by atoms with Crippen molar-refractivity contribution in [3.05, 3.63) is 17.5 Å². The number of amides is 1. The van der Waals surface area contributed by atoms with Crippen molar-refractivity contribution in [2.75, 3.05) is 32.7 Å². The molecular formula is C17H26N4O2. The quantitative estimate of drug-likeness (QED) is 0.854. The predicted molar refractivity (Wildman–Crippen MR) is 86.3 cm³/mol. The Bertz CT molecular complexity index is 563. The Kier molecular flexibility index (Phi) is 4.11. The topological polar surface area (TPSA) is 70.4 Å². The lowest BCUT2D eigenvalue weighted by Crippen LogP contribution is -2.40. The summed E-state index contributed by atoms with van der Waals surface area (Å²) in [5.41, 5.74) is 0.428. The van der Waals surface area contributed by atoms with Gasteiger partial charge in [-0.1, -0.05) is 12.1 Å². The van der Waals surface area contributed by atoms with Crippen molar-refractivity contribution in [2.45, 2.75) is 38.1 Å². The van der Waals surface area contributed by atoms with E-state index in [9.17, 15) is 4.79 Å². The average molecular weight is 318 g/mol. The van der Waals surface area contributed by atoms with E-state index >= 15 is 0 Å². The van der Waals surface area contributed by atoms with Crippen molar-refractivity contribution in [3.8, 4) is 0 Å². The molecule has 0 radical (unpaired) electrons. The van der Waals surface area contributed by atoms with Gasteiger partial charge in [0.2, 0.25) is 0 Å². The van der Waals surface area contributed by atoms with Gasteiger partial charge >= 0.3 is 0 Å². The van der Waals surface area contributed by atoms with Crippen LogP contribution in [0.1, 0.15) is 48.4 Å². The molecule has 2 aliphatic heterocycles. The van der Waals surface area contributed by atoms with Gasteiger partial charge in [-0.15, -0.1) is 0 Å². The van der Waals surface area contributed by atoms with Gasteiger partial charge in [-0.3, -0.25) is 4.79 Å². The second-order valence-corrected chi connectivity index (χ2v) is 7.52. The molecule has 1 aromatic heterocycles. The van der Waals surface area contributed by atoms with Crippen LogP contribution in [0.4, 0.5) is 0 Å². The molecule has 1 aromatic rings. The lowest BCUT2D eigenvalue weighted by molar-refractivity contribution is 0.0922. The first-order valence-corrected chi connectivity index (χ1v) is 8.89. The number of carbonyl (C=O) groups excluding carboxylic acids is 1. The summed E-state index contributed by atoms with van der Waals surface area (Å²) < 4.78 is 5.28. The zero-order valence-electron chi connectivity index (χ0n) is 13.8. The van der Waals surface area contributed by atoms with Crippen LogP contribution in [0.5, 0.6) is 0 Å². The van der Waals surface area contributed by atoms with E-state index in [2.05, 4.69) is 27.6 Å². The van der Waals surface area contributed by atoms with Crippen molar-refractivity contribution in [1.82, 2.24) is 20.7 Å². The van der Waals surface area contributed by atoms with Gasteiger partial charge in [0.05, 0.1) is 0 Å². The number of hydrogen-bond donors (Lipinski definition) is 2. The van der Waals surface area contributed by atoms with Gasteiger partial charge < -0.3 is 20.1 Å². The number of carbonyl (C=O) groups is 1. The maximum absolute atomic E-state index is 12.4. The normalized spacial score (nSPS) is 31.6. The van der Waals surface area contributed by atoms with Crippen molar-refractivity contribution in [3.63, 3.8) is 0 Å². The molecule has 1 amide bonds. The highest BCUT2D eigenvalue weighted by molar-refractivity contribution is 5.92. The van der Waals surface area contributed by atoms with Crippen molar-refractivity contribution >= 4 is 5.91 Å². The van der Waals surface area contributed by atoms with Crippen LogP contribution in [0.15, 0.2) is 10.6 Å². The number of aromatic nitrogens is 1. The Morgan fingerprint density at radius 3 is 3.04 bits per heavy atom. The average Bonchev–Trinajstić information content (AvgIpc) is 2.94. The molecule has 3 atom stereocenters. The lowest BCUT2D eigenvalue weighted by atomic mass is 10.1. The first kappa shape index (κ1) is 15.1. The predicted octanol–water partition coefficient (Wildman–Crippen LogP) is 1.21. The summed E-state index contributed by atoms with van der Waals surface area (Å²) in [7, 11) is 0. The van der Waals surface area contributed by atoms with E-state index in [4.69, 9.17) is 4.52 Å². The van der Waals surface area contributed by atoms with Crippen LogP contribution >= 0.6 is 0 Å². The number of hydrogen-bond acceptors (Lipinski definition) is 5. The van der Waals surface area contributed by atoms with Gasteiger partial charge in [0.1, 0.15) is 5.76 Å². The van der Waals surface area contributed by atoms with Gasteiger partial charge in [0, 0.05) is 37.7 Å². The standard InChI is InChI=1S/C17H26N4O2/c1-11-8-21(9-12-4-5-18-7-12)10-15(11)19-17(22)14-6-16(23-20-14)13-2-3-13/h6,11-13,15,18H,2-5,7-10H2,1H3,(H,19,22). The molecule has 23 heavy (non-hydrogen) atoms. The molecule has 2 saturated heterocycles. The second kappa shape index (κ2) is 6.24. The van der Waals surface area contributed by atoms with Crippen LogP contribution in [-0.2, 0) is 0 Å². The minimum absolute atomic E-state index is 0.0955. The fourth-order valence-corrected chi connectivity index (χ4v) is 3.84. The molecule has 3 aliphatic rings. The molecular weight excluding hydrogens is 292 g/mol. The van der Waals surface area contributed by atoms with E-state index in [1.165, 1.54) is 6.42 Å². The first-order chi connectivity index (χ1) is 11.2. The Labute approximate surface area is 137 Å². The lowest BCUT2D eigenvalue weighted by Gasteiger charge is -2.19. The van der Waals surface area contributed by atoms with Crippen molar-refractivity contribution in [1.29, 1.82) is 0 Å². The molecule has 1 aliphatic carbocycles. The fourth-order valence-electron chi connectivity index (χ4n) is 3.84. The Balaban J connectivity index is 1.31. The highest BCUT2D eigenvalue weighted by Crippen LogP contribution is 2.40. The third kappa shape index (κ3) is 3.43. The van der Waals surface area contributed by atoms with E-state index < -0.39 is 0 Å². The van der Waals surface area contributed by atoms with Gasteiger partial charge in [0.25, 0.3) is 5.91 Å². The molecule has 1 saturated carbocycles. The number of nitrogens with one attached hydrogen (secondary N) is 2. The van der Waals surface area contributed by atoms with Crippen molar-refractivity contribution < 1.29 is 9.32 Å². The molecule has 126 valence electrons. The summed E-state index contributed by atoms with van der Waals surface area (Å²) in [6.07, 6.45) is 3.58. The molecule has 3 fully saturated rings. The molecule has 0 spiro atoms. The van der Waals surface area contributed by atoms with E-state index in [0.29, 0.717) is 17.5 Å². The number of likely N-dealkylation sites (tertiary alicyclic amines) is 1. The molecule has 6 heteroatoms. The molecule has 3 heterocycles. The number of rotatable bonds is 5. The van der Waals surface area contributed by atoms with E-state index in [-0.39, 0.29) is 11.9 Å². The zero-order chi connectivity index (χ0) is 15.8. The van der Waals surface area contributed by atoms with E-state index in [0.717, 1.165) is 57.2 Å². The van der Waals surface area contributed by atoms with Crippen LogP contribution in [0.2, 0.25) is 0 Å². The Morgan fingerprint density at radius 2 is 2.30 bits per heavy atom. The van der Waals surface area contributed by atoms with Gasteiger partial charge in [0.15, 0.2) is 5.69 Å². The monoisotopic (exact) mass is 318 g/mol. The third-order valence-corrected chi connectivity index (χ3v) is 5.42. The highest BCUT2D eigenvalue weighted by Gasteiger charge is 2.34. The zero-order valence-corrected chi connectivity index (χ0v) is 13.8. The van der Waals surface area contributed by atoms with Gasteiger partial charge in [-0.05, 0) is 44.2 Å². The van der Waals surface area contributed by atoms with Crippen LogP contribution in [0.25, 0.3) is 0 Å². The third-order valence-electron chi connectivity index (χ3n) is 5.42. The summed E-state index contributed by atoms with van der Waals surface area (Å²) in [5.74, 6) is 2.49. The van der Waals surface area contributed by atoms with Crippen molar-refractivity contribution in [2.24, 2.45) is 11.8 Å².